The Balaban J connectivity index is 2.83. The molecule has 16 heavy (non-hydrogen) atoms. The van der Waals surface area contributed by atoms with E-state index in [1.807, 2.05) is 0 Å². The van der Waals surface area contributed by atoms with E-state index in [-0.39, 0.29) is 25.9 Å². The van der Waals surface area contributed by atoms with Crippen LogP contribution in [0.25, 0.3) is 0 Å². The monoisotopic (exact) mass is 271 g/mol. The lowest BCUT2D eigenvalue weighted by molar-refractivity contribution is 0.298. The minimum absolute atomic E-state index is 0.135. The Bertz CT molecular complexity index is 448. The van der Waals surface area contributed by atoms with Gasteiger partial charge in [-0.05, 0) is 26.8 Å². The number of piperidine rings is 1. The highest BCUT2D eigenvalue weighted by molar-refractivity contribution is 7.90. The molecule has 0 aromatic carbocycles. The molecule has 9 heteroatoms. The maximum atomic E-state index is 11.7. The van der Waals surface area contributed by atoms with E-state index in [2.05, 4.69) is 4.72 Å². The van der Waals surface area contributed by atoms with Gasteiger partial charge in [0, 0.05) is 13.1 Å². The summed E-state index contributed by atoms with van der Waals surface area (Å²) >= 11 is 0. The molecule has 0 aromatic heterocycles. The summed E-state index contributed by atoms with van der Waals surface area (Å²) in [5.74, 6) is 0. The zero-order valence-corrected chi connectivity index (χ0v) is 10.9. The van der Waals surface area contributed by atoms with Crippen molar-refractivity contribution in [2.24, 2.45) is 5.14 Å². The highest BCUT2D eigenvalue weighted by atomic mass is 32.2. The van der Waals surface area contributed by atoms with E-state index >= 15 is 0 Å². The largest absolute Gasteiger partial charge is 0.276 e. The molecule has 1 fully saturated rings. The Hall–Kier alpha value is -0.220. The average molecular weight is 271 g/mol. The smallest absolute Gasteiger partial charge is 0.218 e. The third kappa shape index (κ3) is 2.54. The summed E-state index contributed by atoms with van der Waals surface area (Å²) in [6, 6.07) is 0. The first-order valence-corrected chi connectivity index (χ1v) is 7.82. The Morgan fingerprint density at radius 3 is 1.94 bits per heavy atom. The van der Waals surface area contributed by atoms with Gasteiger partial charge in [-0.3, -0.25) is 0 Å². The lowest BCUT2D eigenvalue weighted by atomic mass is 10.00. The molecular weight excluding hydrogens is 254 g/mol. The molecule has 3 N–H and O–H groups in total. The van der Waals surface area contributed by atoms with Gasteiger partial charge >= 0.3 is 0 Å². The molecule has 1 aliphatic heterocycles. The van der Waals surface area contributed by atoms with Crippen molar-refractivity contribution in [3.8, 4) is 0 Å². The highest BCUT2D eigenvalue weighted by Crippen LogP contribution is 2.29. The van der Waals surface area contributed by atoms with Gasteiger partial charge in [-0.1, -0.05) is 0 Å². The minimum Gasteiger partial charge on any atom is -0.218 e. The van der Waals surface area contributed by atoms with Crippen molar-refractivity contribution in [3.63, 3.8) is 0 Å². The summed E-state index contributed by atoms with van der Waals surface area (Å²) in [4.78, 5) is 0. The van der Waals surface area contributed by atoms with E-state index < -0.39 is 25.0 Å². The van der Waals surface area contributed by atoms with Crippen molar-refractivity contribution >= 4 is 20.2 Å². The van der Waals surface area contributed by atoms with Crippen LogP contribution in [0.15, 0.2) is 0 Å². The van der Waals surface area contributed by atoms with Crippen molar-refractivity contribution in [1.29, 1.82) is 0 Å². The van der Waals surface area contributed by atoms with Crippen LogP contribution in [0.3, 0.4) is 0 Å². The van der Waals surface area contributed by atoms with Crippen LogP contribution < -0.4 is 9.86 Å². The van der Waals surface area contributed by atoms with Crippen LogP contribution in [0.1, 0.15) is 19.8 Å². The van der Waals surface area contributed by atoms with E-state index in [1.54, 1.807) is 6.92 Å². The van der Waals surface area contributed by atoms with Crippen molar-refractivity contribution in [2.75, 3.05) is 20.1 Å². The molecule has 0 aromatic rings. The van der Waals surface area contributed by atoms with Gasteiger partial charge in [0.25, 0.3) is 10.2 Å². The zero-order valence-electron chi connectivity index (χ0n) is 9.30. The van der Waals surface area contributed by atoms with E-state index in [0.717, 1.165) is 4.31 Å². The summed E-state index contributed by atoms with van der Waals surface area (Å²) in [5, 5.41) is 4.97. The first-order valence-electron chi connectivity index (χ1n) is 4.83. The molecule has 1 heterocycles. The Morgan fingerprint density at radius 2 is 1.62 bits per heavy atom. The fourth-order valence-corrected chi connectivity index (χ4v) is 3.63. The summed E-state index contributed by atoms with van der Waals surface area (Å²) < 4.78 is 48.0. The number of sulfonamides is 1. The molecule has 0 spiro atoms. The molecule has 0 amide bonds. The molecule has 0 atom stereocenters. The first-order chi connectivity index (χ1) is 7.12. The highest BCUT2D eigenvalue weighted by Gasteiger charge is 2.42. The number of nitrogens with one attached hydrogen (secondary N) is 1. The molecular formula is C7H17N3O4S2. The standard InChI is InChI=1S/C7H17N3O4S2/c1-7(15(11,12)9-2)3-5-10(6-4-7)16(8,13)14/h9H,3-6H2,1-2H3,(H2,8,13,14). The summed E-state index contributed by atoms with van der Waals surface area (Å²) in [6.45, 7) is 1.88. The fraction of sp³-hybridized carbons (Fsp3) is 1.00. The van der Waals surface area contributed by atoms with Gasteiger partial charge < -0.3 is 0 Å². The SMILES string of the molecule is CNS(=O)(=O)C1(C)CCN(S(N)(=O)=O)CC1. The van der Waals surface area contributed by atoms with Crippen molar-refractivity contribution in [1.82, 2.24) is 9.03 Å². The molecule has 1 aliphatic rings. The third-order valence-corrected chi connectivity index (χ3v) is 6.39. The van der Waals surface area contributed by atoms with Crippen molar-refractivity contribution in [2.45, 2.75) is 24.5 Å². The first kappa shape index (κ1) is 13.8. The third-order valence-electron chi connectivity index (χ3n) is 3.06. The number of rotatable bonds is 3. The van der Waals surface area contributed by atoms with Gasteiger partial charge in [-0.2, -0.15) is 12.7 Å². The minimum atomic E-state index is -3.71. The van der Waals surface area contributed by atoms with E-state index in [0.29, 0.717) is 0 Å². The average Bonchev–Trinajstić information content (AvgIpc) is 2.16. The molecule has 0 saturated carbocycles. The second-order valence-electron chi connectivity index (χ2n) is 4.10. The lowest BCUT2D eigenvalue weighted by Gasteiger charge is -2.36. The predicted molar refractivity (Wildman–Crippen MR) is 60.3 cm³/mol. The van der Waals surface area contributed by atoms with Crippen LogP contribution in [0.4, 0.5) is 0 Å². The summed E-state index contributed by atoms with van der Waals surface area (Å²) in [5.41, 5.74) is 0. The normalized spacial score (nSPS) is 23.2. The van der Waals surface area contributed by atoms with Crippen LogP contribution in [-0.2, 0) is 20.2 Å². The molecule has 0 unspecified atom stereocenters. The lowest BCUT2D eigenvalue weighted by Crippen LogP contribution is -2.53. The fourth-order valence-electron chi connectivity index (χ4n) is 1.73. The maximum Gasteiger partial charge on any atom is 0.276 e. The Kier molecular flexibility index (Phi) is 3.65. The molecule has 0 radical (unpaired) electrons. The maximum absolute atomic E-state index is 11.7. The number of nitrogens with zero attached hydrogens (tertiary/aromatic N) is 1. The number of hydrogen-bond donors (Lipinski definition) is 2. The second kappa shape index (κ2) is 4.22. The molecule has 96 valence electrons. The second-order valence-corrected chi connectivity index (χ2v) is 8.05. The van der Waals surface area contributed by atoms with Crippen LogP contribution in [0.2, 0.25) is 0 Å². The Labute approximate surface area is 96.2 Å². The van der Waals surface area contributed by atoms with Crippen molar-refractivity contribution in [3.05, 3.63) is 0 Å². The molecule has 7 nitrogen and oxygen atoms in total. The summed E-state index contributed by atoms with van der Waals surface area (Å²) in [7, 11) is -5.76. The molecule has 1 saturated heterocycles. The van der Waals surface area contributed by atoms with Crippen LogP contribution >= 0.6 is 0 Å². The van der Waals surface area contributed by atoms with Crippen LogP contribution in [0, 0.1) is 0 Å². The van der Waals surface area contributed by atoms with E-state index in [4.69, 9.17) is 5.14 Å². The van der Waals surface area contributed by atoms with Crippen molar-refractivity contribution < 1.29 is 16.8 Å². The van der Waals surface area contributed by atoms with Gasteiger partial charge in [-0.25, -0.2) is 18.3 Å². The van der Waals surface area contributed by atoms with Gasteiger partial charge in [-0.15, -0.1) is 0 Å². The molecule has 0 aliphatic carbocycles. The van der Waals surface area contributed by atoms with Crippen LogP contribution in [0.5, 0.6) is 0 Å². The Morgan fingerprint density at radius 1 is 1.19 bits per heavy atom. The molecule has 1 rings (SSSR count). The van der Waals surface area contributed by atoms with Gasteiger partial charge in [0.2, 0.25) is 10.0 Å². The van der Waals surface area contributed by atoms with E-state index in [1.165, 1.54) is 7.05 Å². The van der Waals surface area contributed by atoms with Gasteiger partial charge in [0.05, 0.1) is 4.75 Å². The van der Waals surface area contributed by atoms with Crippen LogP contribution in [-0.4, -0.2) is 46.0 Å². The number of hydrogen-bond acceptors (Lipinski definition) is 4. The molecule has 0 bridgehead atoms. The number of nitrogens with two attached hydrogens (primary N) is 1. The van der Waals surface area contributed by atoms with Gasteiger partial charge in [0.15, 0.2) is 0 Å². The summed E-state index contributed by atoms with van der Waals surface area (Å²) in [6.07, 6.45) is 0.485. The topological polar surface area (TPSA) is 110 Å². The van der Waals surface area contributed by atoms with Gasteiger partial charge in [0.1, 0.15) is 0 Å². The quantitative estimate of drug-likeness (QED) is 0.657. The predicted octanol–water partition coefficient (Wildman–Crippen LogP) is -1.41. The zero-order chi connectivity index (χ0) is 12.6. The van der Waals surface area contributed by atoms with E-state index in [9.17, 15) is 16.8 Å².